The third-order valence-corrected chi connectivity index (χ3v) is 3.62. The van der Waals surface area contributed by atoms with E-state index in [-0.39, 0.29) is 18.6 Å². The topological polar surface area (TPSA) is 55.4 Å². The number of carbonyl (C=O) groups is 2. The van der Waals surface area contributed by atoms with E-state index in [4.69, 9.17) is 4.74 Å². The van der Waals surface area contributed by atoms with Crippen LogP contribution in [0.15, 0.2) is 59.1 Å². The molecule has 0 aliphatic rings. The number of nitrogens with one attached hydrogen (secondary N) is 1. The Hall–Kier alpha value is -2.14. The van der Waals surface area contributed by atoms with Gasteiger partial charge in [-0.1, -0.05) is 46.3 Å². The summed E-state index contributed by atoms with van der Waals surface area (Å²) >= 11 is 3.29. The van der Waals surface area contributed by atoms with E-state index in [1.54, 1.807) is 24.3 Å². The van der Waals surface area contributed by atoms with Gasteiger partial charge in [0.1, 0.15) is 0 Å². The van der Waals surface area contributed by atoms with Crippen LogP contribution in [-0.2, 0) is 9.53 Å². The van der Waals surface area contributed by atoms with Crippen LogP contribution in [0.1, 0.15) is 28.9 Å². The highest BCUT2D eigenvalue weighted by Crippen LogP contribution is 2.12. The quantitative estimate of drug-likeness (QED) is 0.829. The van der Waals surface area contributed by atoms with Crippen molar-refractivity contribution in [3.05, 3.63) is 70.2 Å². The molecule has 0 radical (unpaired) electrons. The zero-order chi connectivity index (χ0) is 15.9. The highest BCUT2D eigenvalue weighted by Gasteiger charge is 2.12. The normalized spacial score (nSPS) is 11.5. The molecular formula is C17H16BrNO3. The number of amides is 1. The summed E-state index contributed by atoms with van der Waals surface area (Å²) in [5, 5.41) is 2.79. The molecule has 2 rings (SSSR count). The Balaban J connectivity index is 1.82. The standard InChI is InChI=1S/C17H16BrNO3/c1-12(13-5-3-2-4-6-13)19-16(20)11-22-17(21)14-7-9-15(18)10-8-14/h2-10,12H,11H2,1H3,(H,19,20)/t12-/m0/s1. The molecule has 2 aromatic carbocycles. The summed E-state index contributed by atoms with van der Waals surface area (Å²) in [6.45, 7) is 1.58. The summed E-state index contributed by atoms with van der Waals surface area (Å²) in [6.07, 6.45) is 0. The minimum absolute atomic E-state index is 0.139. The van der Waals surface area contributed by atoms with Crippen molar-refractivity contribution >= 4 is 27.8 Å². The summed E-state index contributed by atoms with van der Waals surface area (Å²) in [6, 6.07) is 16.2. The molecular weight excluding hydrogens is 346 g/mol. The number of halogens is 1. The van der Waals surface area contributed by atoms with Crippen LogP contribution < -0.4 is 5.32 Å². The third-order valence-electron chi connectivity index (χ3n) is 3.09. The number of rotatable bonds is 5. The van der Waals surface area contributed by atoms with Gasteiger partial charge in [0.25, 0.3) is 5.91 Å². The van der Waals surface area contributed by atoms with E-state index in [1.165, 1.54) is 0 Å². The molecule has 4 nitrogen and oxygen atoms in total. The van der Waals surface area contributed by atoms with Crippen molar-refractivity contribution in [1.82, 2.24) is 5.32 Å². The van der Waals surface area contributed by atoms with E-state index < -0.39 is 5.97 Å². The lowest BCUT2D eigenvalue weighted by molar-refractivity contribution is -0.124. The number of hydrogen-bond donors (Lipinski definition) is 1. The average molecular weight is 362 g/mol. The van der Waals surface area contributed by atoms with Crippen molar-refractivity contribution in [1.29, 1.82) is 0 Å². The molecule has 1 N–H and O–H groups in total. The first-order chi connectivity index (χ1) is 10.6. The maximum Gasteiger partial charge on any atom is 0.338 e. The fraction of sp³-hybridized carbons (Fsp3) is 0.176. The Morgan fingerprint density at radius 3 is 2.36 bits per heavy atom. The number of carbonyl (C=O) groups excluding carboxylic acids is 2. The van der Waals surface area contributed by atoms with E-state index in [0.29, 0.717) is 5.56 Å². The highest BCUT2D eigenvalue weighted by atomic mass is 79.9. The molecule has 0 aliphatic carbocycles. The van der Waals surface area contributed by atoms with Crippen molar-refractivity contribution in [3.63, 3.8) is 0 Å². The fourth-order valence-electron chi connectivity index (χ4n) is 1.91. The molecule has 0 saturated heterocycles. The van der Waals surface area contributed by atoms with Gasteiger partial charge >= 0.3 is 5.97 Å². The van der Waals surface area contributed by atoms with Crippen molar-refractivity contribution in [3.8, 4) is 0 Å². The SMILES string of the molecule is C[C@H](NC(=O)COC(=O)c1ccc(Br)cc1)c1ccccc1. The predicted molar refractivity (Wildman–Crippen MR) is 87.4 cm³/mol. The Morgan fingerprint density at radius 1 is 1.09 bits per heavy atom. The molecule has 0 aliphatic heterocycles. The Labute approximate surface area is 137 Å². The Bertz CT molecular complexity index is 641. The van der Waals surface area contributed by atoms with Crippen LogP contribution in [0, 0.1) is 0 Å². The second kappa shape index (κ2) is 7.75. The van der Waals surface area contributed by atoms with Crippen molar-refractivity contribution in [2.45, 2.75) is 13.0 Å². The molecule has 0 spiro atoms. The second-order valence-corrected chi connectivity index (χ2v) is 5.70. The van der Waals surface area contributed by atoms with Crippen molar-refractivity contribution < 1.29 is 14.3 Å². The third kappa shape index (κ3) is 4.70. The van der Waals surface area contributed by atoms with Gasteiger partial charge in [-0.2, -0.15) is 0 Å². The number of esters is 1. The summed E-state index contributed by atoms with van der Waals surface area (Å²) < 4.78 is 5.87. The lowest BCUT2D eigenvalue weighted by Crippen LogP contribution is -2.31. The summed E-state index contributed by atoms with van der Waals surface area (Å²) in [7, 11) is 0. The minimum atomic E-state index is -0.519. The predicted octanol–water partition coefficient (Wildman–Crippen LogP) is 3.48. The van der Waals surface area contributed by atoms with Gasteiger partial charge in [-0.25, -0.2) is 4.79 Å². The zero-order valence-corrected chi connectivity index (χ0v) is 13.7. The minimum Gasteiger partial charge on any atom is -0.452 e. The van der Waals surface area contributed by atoms with E-state index in [9.17, 15) is 9.59 Å². The second-order valence-electron chi connectivity index (χ2n) is 4.78. The van der Waals surface area contributed by atoms with E-state index in [2.05, 4.69) is 21.2 Å². The molecule has 0 fully saturated rings. The summed E-state index contributed by atoms with van der Waals surface area (Å²) in [4.78, 5) is 23.6. The molecule has 114 valence electrons. The van der Waals surface area contributed by atoms with Crippen molar-refractivity contribution in [2.24, 2.45) is 0 Å². The van der Waals surface area contributed by atoms with Gasteiger partial charge < -0.3 is 10.1 Å². The molecule has 0 bridgehead atoms. The van der Waals surface area contributed by atoms with Crippen LogP contribution in [0.25, 0.3) is 0 Å². The maximum atomic E-state index is 11.8. The van der Waals surface area contributed by atoms with Crippen LogP contribution in [0.5, 0.6) is 0 Å². The van der Waals surface area contributed by atoms with Crippen LogP contribution in [-0.4, -0.2) is 18.5 Å². The first-order valence-corrected chi connectivity index (χ1v) is 7.62. The first-order valence-electron chi connectivity index (χ1n) is 6.83. The van der Waals surface area contributed by atoms with Gasteiger partial charge in [0, 0.05) is 4.47 Å². The van der Waals surface area contributed by atoms with Gasteiger partial charge in [0.05, 0.1) is 11.6 Å². The molecule has 1 atom stereocenters. The monoisotopic (exact) mass is 361 g/mol. The van der Waals surface area contributed by atoms with Crippen LogP contribution in [0.3, 0.4) is 0 Å². The Kier molecular flexibility index (Phi) is 5.72. The van der Waals surface area contributed by atoms with Gasteiger partial charge in [0.15, 0.2) is 6.61 Å². The van der Waals surface area contributed by atoms with E-state index >= 15 is 0 Å². The van der Waals surface area contributed by atoms with E-state index in [0.717, 1.165) is 10.0 Å². The fourth-order valence-corrected chi connectivity index (χ4v) is 2.17. The summed E-state index contributed by atoms with van der Waals surface area (Å²) in [5.74, 6) is -0.850. The number of ether oxygens (including phenoxy) is 1. The van der Waals surface area contributed by atoms with Gasteiger partial charge in [-0.05, 0) is 36.8 Å². The molecule has 5 heteroatoms. The largest absolute Gasteiger partial charge is 0.452 e. The van der Waals surface area contributed by atoms with E-state index in [1.807, 2.05) is 37.3 Å². The maximum absolute atomic E-state index is 11.8. The zero-order valence-electron chi connectivity index (χ0n) is 12.1. The van der Waals surface area contributed by atoms with Crippen LogP contribution in [0.2, 0.25) is 0 Å². The molecule has 0 saturated carbocycles. The molecule has 0 unspecified atom stereocenters. The lowest BCUT2D eigenvalue weighted by Gasteiger charge is -2.14. The molecule has 2 aromatic rings. The van der Waals surface area contributed by atoms with Crippen LogP contribution in [0.4, 0.5) is 0 Å². The summed E-state index contributed by atoms with van der Waals surface area (Å²) in [5.41, 5.74) is 1.40. The van der Waals surface area contributed by atoms with Gasteiger partial charge in [0.2, 0.25) is 0 Å². The Morgan fingerprint density at radius 2 is 1.73 bits per heavy atom. The molecule has 0 heterocycles. The smallest absolute Gasteiger partial charge is 0.338 e. The van der Waals surface area contributed by atoms with Crippen LogP contribution >= 0.6 is 15.9 Å². The number of hydrogen-bond acceptors (Lipinski definition) is 3. The molecule has 1 amide bonds. The number of benzene rings is 2. The van der Waals surface area contributed by atoms with Gasteiger partial charge in [-0.3, -0.25) is 4.79 Å². The lowest BCUT2D eigenvalue weighted by atomic mass is 10.1. The molecule has 0 aromatic heterocycles. The van der Waals surface area contributed by atoms with Gasteiger partial charge in [-0.15, -0.1) is 0 Å². The van der Waals surface area contributed by atoms with Crippen molar-refractivity contribution in [2.75, 3.05) is 6.61 Å². The first kappa shape index (κ1) is 16.2. The average Bonchev–Trinajstić information content (AvgIpc) is 2.54. The highest BCUT2D eigenvalue weighted by molar-refractivity contribution is 9.10. The molecule has 22 heavy (non-hydrogen) atoms.